The lowest BCUT2D eigenvalue weighted by atomic mass is 10.1. The Balaban J connectivity index is 2.87. The van der Waals surface area contributed by atoms with Crippen molar-refractivity contribution < 1.29 is 8.42 Å². The van der Waals surface area contributed by atoms with Gasteiger partial charge < -0.3 is 10.3 Å². The first-order chi connectivity index (χ1) is 7.36. The maximum Gasteiger partial charge on any atom is 0.242 e. The Morgan fingerprint density at radius 3 is 2.50 bits per heavy atom. The second-order valence-electron chi connectivity index (χ2n) is 4.22. The summed E-state index contributed by atoms with van der Waals surface area (Å²) in [5.41, 5.74) is 5.53. The Hall–Kier alpha value is -0.850. The number of hydrogen-bond donors (Lipinski definition) is 2. The molecule has 16 heavy (non-hydrogen) atoms. The number of nitrogens with two attached hydrogens (primary N) is 1. The van der Waals surface area contributed by atoms with E-state index in [9.17, 15) is 8.42 Å². The van der Waals surface area contributed by atoms with Gasteiger partial charge in [-0.15, -0.1) is 0 Å². The van der Waals surface area contributed by atoms with Crippen LogP contribution < -0.4 is 10.5 Å². The molecule has 0 aliphatic rings. The minimum atomic E-state index is -3.45. The molecule has 6 heteroatoms. The van der Waals surface area contributed by atoms with Crippen molar-refractivity contribution in [2.45, 2.75) is 24.8 Å². The van der Waals surface area contributed by atoms with Crippen LogP contribution in [-0.4, -0.2) is 25.6 Å². The van der Waals surface area contributed by atoms with E-state index in [4.69, 9.17) is 5.73 Å². The Bertz CT molecular complexity index is 437. The van der Waals surface area contributed by atoms with Crippen LogP contribution in [0.5, 0.6) is 0 Å². The third-order valence-corrected chi connectivity index (χ3v) is 3.96. The molecule has 1 unspecified atom stereocenters. The zero-order chi connectivity index (χ0) is 12.3. The lowest BCUT2D eigenvalue weighted by molar-refractivity contribution is 0.455. The number of sulfonamides is 1. The van der Waals surface area contributed by atoms with Crippen molar-refractivity contribution in [3.8, 4) is 0 Å². The fraction of sp³-hybridized carbons (Fsp3) is 0.600. The SMILES string of the molecule is CC(C)C(CN)NS(=O)(=O)c1ccn(C)c1. The Morgan fingerprint density at radius 1 is 1.50 bits per heavy atom. The van der Waals surface area contributed by atoms with E-state index >= 15 is 0 Å². The van der Waals surface area contributed by atoms with Crippen LogP contribution in [0.2, 0.25) is 0 Å². The summed E-state index contributed by atoms with van der Waals surface area (Å²) in [7, 11) is -1.67. The van der Waals surface area contributed by atoms with Crippen LogP contribution in [0.25, 0.3) is 0 Å². The molecule has 3 N–H and O–H groups in total. The van der Waals surface area contributed by atoms with Gasteiger partial charge in [0.2, 0.25) is 10.0 Å². The molecule has 1 aromatic rings. The summed E-state index contributed by atoms with van der Waals surface area (Å²) in [6, 6.07) is 1.33. The van der Waals surface area contributed by atoms with Gasteiger partial charge in [-0.1, -0.05) is 13.8 Å². The highest BCUT2D eigenvalue weighted by Crippen LogP contribution is 2.11. The molecule has 0 saturated carbocycles. The number of aromatic nitrogens is 1. The van der Waals surface area contributed by atoms with Crippen molar-refractivity contribution in [3.05, 3.63) is 18.5 Å². The van der Waals surface area contributed by atoms with Gasteiger partial charge in [0, 0.05) is 32.0 Å². The molecular weight excluding hydrogens is 226 g/mol. The highest BCUT2D eigenvalue weighted by molar-refractivity contribution is 7.89. The normalized spacial score (nSPS) is 14.3. The number of hydrogen-bond acceptors (Lipinski definition) is 3. The van der Waals surface area contributed by atoms with E-state index in [0.717, 1.165) is 0 Å². The van der Waals surface area contributed by atoms with Gasteiger partial charge in [-0.05, 0) is 12.0 Å². The van der Waals surface area contributed by atoms with Gasteiger partial charge in [0.15, 0.2) is 0 Å². The first-order valence-corrected chi connectivity index (χ1v) is 6.69. The predicted molar refractivity (Wildman–Crippen MR) is 63.4 cm³/mol. The molecule has 0 spiro atoms. The van der Waals surface area contributed by atoms with Crippen LogP contribution in [0.4, 0.5) is 0 Å². The van der Waals surface area contributed by atoms with Crippen LogP contribution in [-0.2, 0) is 17.1 Å². The molecule has 92 valence electrons. The second-order valence-corrected chi connectivity index (χ2v) is 5.93. The van der Waals surface area contributed by atoms with Crippen molar-refractivity contribution in [1.82, 2.24) is 9.29 Å². The molecule has 0 saturated heterocycles. The van der Waals surface area contributed by atoms with E-state index in [1.54, 1.807) is 30.1 Å². The summed E-state index contributed by atoms with van der Waals surface area (Å²) in [6.45, 7) is 4.17. The highest BCUT2D eigenvalue weighted by Gasteiger charge is 2.21. The third kappa shape index (κ3) is 3.07. The van der Waals surface area contributed by atoms with Crippen LogP contribution in [0.1, 0.15) is 13.8 Å². The van der Waals surface area contributed by atoms with Gasteiger partial charge in [-0.2, -0.15) is 0 Å². The second kappa shape index (κ2) is 4.99. The van der Waals surface area contributed by atoms with Crippen molar-refractivity contribution in [1.29, 1.82) is 0 Å². The average molecular weight is 245 g/mol. The van der Waals surface area contributed by atoms with Gasteiger partial charge in [0.1, 0.15) is 0 Å². The number of aryl methyl sites for hydroxylation is 1. The topological polar surface area (TPSA) is 77.1 Å². The first-order valence-electron chi connectivity index (χ1n) is 5.21. The number of rotatable bonds is 5. The van der Waals surface area contributed by atoms with Gasteiger partial charge in [0.05, 0.1) is 4.90 Å². The van der Waals surface area contributed by atoms with Crippen LogP contribution in [0, 0.1) is 5.92 Å². The molecule has 0 radical (unpaired) electrons. The van der Waals surface area contributed by atoms with Gasteiger partial charge in [-0.3, -0.25) is 0 Å². The van der Waals surface area contributed by atoms with Crippen molar-refractivity contribution in [2.75, 3.05) is 6.54 Å². The molecule has 0 fully saturated rings. The smallest absolute Gasteiger partial charge is 0.242 e. The molecule has 1 rings (SSSR count). The van der Waals surface area contributed by atoms with Crippen LogP contribution in [0.3, 0.4) is 0 Å². The largest absolute Gasteiger partial charge is 0.356 e. The summed E-state index contributed by atoms with van der Waals surface area (Å²) in [4.78, 5) is 0.272. The zero-order valence-corrected chi connectivity index (χ0v) is 10.7. The summed E-state index contributed by atoms with van der Waals surface area (Å²) in [5.74, 6) is 0.170. The molecule has 0 amide bonds. The highest BCUT2D eigenvalue weighted by atomic mass is 32.2. The monoisotopic (exact) mass is 245 g/mol. The lowest BCUT2D eigenvalue weighted by Gasteiger charge is -2.19. The van der Waals surface area contributed by atoms with Crippen LogP contribution >= 0.6 is 0 Å². The zero-order valence-electron chi connectivity index (χ0n) is 9.84. The predicted octanol–water partition coefficient (Wildman–Crippen LogP) is 0.287. The van der Waals surface area contributed by atoms with E-state index in [0.29, 0.717) is 6.54 Å². The Morgan fingerprint density at radius 2 is 2.12 bits per heavy atom. The minimum Gasteiger partial charge on any atom is -0.356 e. The lowest BCUT2D eigenvalue weighted by Crippen LogP contribution is -2.43. The fourth-order valence-corrected chi connectivity index (χ4v) is 2.81. The molecule has 0 bridgehead atoms. The molecular formula is C10H19N3O2S. The third-order valence-electron chi connectivity index (χ3n) is 2.48. The Labute approximate surface area is 96.7 Å². The number of nitrogens with one attached hydrogen (secondary N) is 1. The molecule has 1 aromatic heterocycles. The molecule has 0 aliphatic heterocycles. The van der Waals surface area contributed by atoms with Gasteiger partial charge >= 0.3 is 0 Å². The molecule has 1 heterocycles. The van der Waals surface area contributed by atoms with E-state index in [1.165, 1.54) is 0 Å². The van der Waals surface area contributed by atoms with E-state index < -0.39 is 10.0 Å². The van der Waals surface area contributed by atoms with Gasteiger partial charge in [-0.25, -0.2) is 13.1 Å². The summed E-state index contributed by atoms with van der Waals surface area (Å²) < 4.78 is 28.2. The Kier molecular flexibility index (Phi) is 4.12. The minimum absolute atomic E-state index is 0.170. The quantitative estimate of drug-likeness (QED) is 0.782. The average Bonchev–Trinajstić information content (AvgIpc) is 2.61. The van der Waals surface area contributed by atoms with E-state index in [2.05, 4.69) is 4.72 Å². The van der Waals surface area contributed by atoms with E-state index in [-0.39, 0.29) is 16.9 Å². The van der Waals surface area contributed by atoms with Crippen molar-refractivity contribution in [3.63, 3.8) is 0 Å². The summed E-state index contributed by atoms with van der Waals surface area (Å²) in [5, 5.41) is 0. The van der Waals surface area contributed by atoms with E-state index in [1.807, 2.05) is 13.8 Å². The summed E-state index contributed by atoms with van der Waals surface area (Å²) in [6.07, 6.45) is 3.26. The molecule has 0 aliphatic carbocycles. The molecule has 0 aromatic carbocycles. The first kappa shape index (κ1) is 13.2. The standard InChI is InChI=1S/C10H19N3O2S/c1-8(2)10(6-11)12-16(14,15)9-4-5-13(3)7-9/h4-5,7-8,10,12H,6,11H2,1-3H3. The summed E-state index contributed by atoms with van der Waals surface area (Å²) >= 11 is 0. The maximum absolute atomic E-state index is 11.9. The molecule has 5 nitrogen and oxygen atoms in total. The number of nitrogens with zero attached hydrogens (tertiary/aromatic N) is 1. The molecule has 1 atom stereocenters. The van der Waals surface area contributed by atoms with Gasteiger partial charge in [0.25, 0.3) is 0 Å². The van der Waals surface area contributed by atoms with Crippen molar-refractivity contribution >= 4 is 10.0 Å². The maximum atomic E-state index is 11.9. The van der Waals surface area contributed by atoms with Crippen molar-refractivity contribution in [2.24, 2.45) is 18.7 Å². The van der Waals surface area contributed by atoms with Crippen LogP contribution in [0.15, 0.2) is 23.4 Å². The fourth-order valence-electron chi connectivity index (χ4n) is 1.36.